The summed E-state index contributed by atoms with van der Waals surface area (Å²) < 4.78 is 19.7. The predicted molar refractivity (Wildman–Crippen MR) is 200 cm³/mol. The largest absolute Gasteiger partial charge is 0.503 e. The smallest absolute Gasteiger partial charge is 0.260 e. The summed E-state index contributed by atoms with van der Waals surface area (Å²) in [6.07, 6.45) is 2.15. The molecule has 2 saturated heterocycles. The second kappa shape index (κ2) is 13.2. The molecule has 4 aromatic rings. The van der Waals surface area contributed by atoms with Crippen molar-refractivity contribution >= 4 is 68.3 Å². The molecule has 274 valence electrons. The van der Waals surface area contributed by atoms with Crippen LogP contribution in [0.3, 0.4) is 0 Å². The van der Waals surface area contributed by atoms with Gasteiger partial charge in [-0.2, -0.15) is 5.01 Å². The van der Waals surface area contributed by atoms with Gasteiger partial charge in [0.05, 0.1) is 46.1 Å². The molecule has 2 N–H and O–H groups in total. The fourth-order valence-corrected chi connectivity index (χ4v) is 9.63. The number of halogens is 3. The minimum absolute atomic E-state index is 0.0464. The Morgan fingerprint density at radius 3 is 2.28 bits per heavy atom. The van der Waals surface area contributed by atoms with Crippen LogP contribution in [0.2, 0.25) is 5.02 Å². The number of ether oxygens (including phenoxy) is 1. The molecule has 0 radical (unpaired) electrons. The summed E-state index contributed by atoms with van der Waals surface area (Å²) in [6, 6.07) is 21.6. The molecule has 3 fully saturated rings. The Kier molecular flexibility index (Phi) is 8.73. The first-order valence-corrected chi connectivity index (χ1v) is 18.5. The number of methoxy groups -OCH3 is 1. The van der Waals surface area contributed by atoms with Crippen LogP contribution in [0.1, 0.15) is 47.2 Å². The normalized spacial score (nSPS) is 25.9. The molecule has 13 heteroatoms. The van der Waals surface area contributed by atoms with E-state index < -0.39 is 58.5 Å². The zero-order valence-corrected chi connectivity index (χ0v) is 31.2. The molecule has 6 atom stereocenters. The molecule has 2 heterocycles. The summed E-state index contributed by atoms with van der Waals surface area (Å²) >= 11 is 9.82. The van der Waals surface area contributed by atoms with Crippen molar-refractivity contribution in [2.24, 2.45) is 23.7 Å². The number of nitrogens with zero attached hydrogens (tertiary/aromatic N) is 2. The zero-order chi connectivity index (χ0) is 38.2. The van der Waals surface area contributed by atoms with E-state index in [1.54, 1.807) is 60.7 Å². The molecule has 2 aliphatic heterocycles. The Labute approximate surface area is 322 Å². The molecule has 8 rings (SSSR count). The van der Waals surface area contributed by atoms with E-state index in [0.29, 0.717) is 38.7 Å². The lowest BCUT2D eigenvalue weighted by Crippen LogP contribution is -2.53. The van der Waals surface area contributed by atoms with E-state index in [1.165, 1.54) is 38.3 Å². The molecular weight excluding hydrogens is 781 g/mol. The maximum absolute atomic E-state index is 15.3. The van der Waals surface area contributed by atoms with Gasteiger partial charge >= 0.3 is 0 Å². The second-order valence-electron chi connectivity index (χ2n) is 14.0. The lowest BCUT2D eigenvalue weighted by molar-refractivity contribution is -0.138. The highest BCUT2D eigenvalue weighted by atomic mass is 79.9. The summed E-state index contributed by atoms with van der Waals surface area (Å²) in [4.78, 5) is 71.9. The molecular formula is C41H32BrClFN3O7. The van der Waals surface area contributed by atoms with Crippen molar-refractivity contribution < 1.29 is 38.2 Å². The van der Waals surface area contributed by atoms with Gasteiger partial charge in [-0.3, -0.25) is 34.3 Å². The third kappa shape index (κ3) is 5.29. The summed E-state index contributed by atoms with van der Waals surface area (Å²) in [5, 5.41) is 12.2. The number of carbonyl (C=O) groups excluding carboxylic acids is 5. The standard InChI is InChI=1S/C41H32BrClFN3O7/c1-20(48)21-3-13-27(14-4-21)46-37(50)29-16-15-28-30(34(29)39(46)52)19-31-38(51)47(45-26-11-9-25(44)10-12-26)40(53)41(31,23-5-7-24(43)8-6-23)35(28)22-17-32(42)36(49)33(18-22)54-2/h3-15,17-18,29-31,34-35,45,49H,16,19H2,1-2H3/t29-,30+,31-,34-,35-,41+/m0/s1. The van der Waals surface area contributed by atoms with Crippen LogP contribution in [-0.2, 0) is 24.6 Å². The van der Waals surface area contributed by atoms with Crippen LogP contribution in [0.15, 0.2) is 101 Å². The van der Waals surface area contributed by atoms with Gasteiger partial charge in [0.25, 0.3) is 11.8 Å². The first kappa shape index (κ1) is 35.7. The lowest BCUT2D eigenvalue weighted by Gasteiger charge is -2.50. The predicted octanol–water partition coefficient (Wildman–Crippen LogP) is 7.35. The van der Waals surface area contributed by atoms with Crippen molar-refractivity contribution in [2.75, 3.05) is 17.4 Å². The van der Waals surface area contributed by atoms with Crippen molar-refractivity contribution in [3.63, 3.8) is 0 Å². The number of benzene rings is 4. The molecule has 1 saturated carbocycles. The van der Waals surface area contributed by atoms with Gasteiger partial charge in [0, 0.05) is 16.5 Å². The minimum Gasteiger partial charge on any atom is -0.503 e. The van der Waals surface area contributed by atoms with Crippen LogP contribution in [-0.4, -0.2) is 46.6 Å². The number of rotatable bonds is 7. The first-order chi connectivity index (χ1) is 25.9. The van der Waals surface area contributed by atoms with Crippen LogP contribution in [0, 0.1) is 29.5 Å². The molecule has 4 aliphatic rings. The maximum atomic E-state index is 15.3. The first-order valence-electron chi connectivity index (χ1n) is 17.3. The summed E-state index contributed by atoms with van der Waals surface area (Å²) in [7, 11) is 1.40. The van der Waals surface area contributed by atoms with E-state index >= 15 is 4.79 Å². The molecule has 4 amide bonds. The van der Waals surface area contributed by atoms with Gasteiger partial charge in [-0.25, -0.2) is 4.39 Å². The number of amides is 4. The summed E-state index contributed by atoms with van der Waals surface area (Å²) in [6.45, 7) is 1.43. The molecule has 54 heavy (non-hydrogen) atoms. The van der Waals surface area contributed by atoms with Gasteiger partial charge in [0.15, 0.2) is 17.3 Å². The number of allylic oxidation sites excluding steroid dienone is 2. The highest BCUT2D eigenvalue weighted by Gasteiger charge is 2.70. The number of hydrogen-bond acceptors (Lipinski definition) is 8. The van der Waals surface area contributed by atoms with E-state index in [0.717, 1.165) is 9.91 Å². The number of phenols is 1. The van der Waals surface area contributed by atoms with Crippen LogP contribution in [0.5, 0.6) is 11.5 Å². The minimum atomic E-state index is -1.61. The third-order valence-corrected chi connectivity index (χ3v) is 12.2. The number of hydrazine groups is 1. The zero-order valence-electron chi connectivity index (χ0n) is 28.9. The number of anilines is 2. The monoisotopic (exact) mass is 811 g/mol. The van der Waals surface area contributed by atoms with Gasteiger partial charge in [-0.15, -0.1) is 0 Å². The van der Waals surface area contributed by atoms with E-state index in [9.17, 15) is 28.7 Å². The fraction of sp³-hybridized carbons (Fsp3) is 0.244. The summed E-state index contributed by atoms with van der Waals surface area (Å²) in [5.74, 6) is -6.89. The van der Waals surface area contributed by atoms with E-state index in [-0.39, 0.29) is 40.5 Å². The Balaban J connectivity index is 1.32. The second-order valence-corrected chi connectivity index (χ2v) is 15.3. The number of imide groups is 2. The number of Topliss-reactive ketones (excluding diaryl/α,β-unsaturated/α-hetero) is 1. The lowest BCUT2D eigenvalue weighted by atomic mass is 9.49. The number of ketones is 1. The maximum Gasteiger partial charge on any atom is 0.260 e. The van der Waals surface area contributed by atoms with Crippen molar-refractivity contribution in [1.82, 2.24) is 5.01 Å². The number of aromatic hydroxyl groups is 1. The van der Waals surface area contributed by atoms with E-state index in [4.69, 9.17) is 16.3 Å². The molecule has 0 unspecified atom stereocenters. The van der Waals surface area contributed by atoms with Crippen molar-refractivity contribution in [3.8, 4) is 11.5 Å². The quantitative estimate of drug-likeness (QED) is 0.113. The average molecular weight is 813 g/mol. The fourth-order valence-electron chi connectivity index (χ4n) is 9.05. The Morgan fingerprint density at radius 1 is 0.944 bits per heavy atom. The highest BCUT2D eigenvalue weighted by molar-refractivity contribution is 9.10. The molecule has 10 nitrogen and oxygen atoms in total. The number of carbonyl (C=O) groups is 5. The van der Waals surface area contributed by atoms with Crippen molar-refractivity contribution in [2.45, 2.75) is 31.1 Å². The van der Waals surface area contributed by atoms with Crippen LogP contribution in [0.4, 0.5) is 15.8 Å². The van der Waals surface area contributed by atoms with E-state index in [2.05, 4.69) is 21.4 Å². The van der Waals surface area contributed by atoms with Gasteiger partial charge in [-0.1, -0.05) is 35.4 Å². The van der Waals surface area contributed by atoms with Crippen LogP contribution < -0.4 is 15.1 Å². The SMILES string of the molecule is COc1cc([C@H]2C3=CC[C@@H]4C(=O)N(c5ccc(C(C)=O)cc5)C(=O)[C@@H]4[C@@H]3C[C@H]3C(=O)N(Nc4ccc(F)cc4)C(=O)[C@@]23c2ccc(Cl)cc2)cc(Br)c1O. The average Bonchev–Trinajstić information content (AvgIpc) is 3.54. The Bertz CT molecular complexity index is 2300. The molecule has 2 aliphatic carbocycles. The summed E-state index contributed by atoms with van der Waals surface area (Å²) in [5.41, 5.74) is 4.09. The van der Waals surface area contributed by atoms with Crippen molar-refractivity contribution in [3.05, 3.63) is 129 Å². The van der Waals surface area contributed by atoms with E-state index in [1.807, 2.05) is 6.08 Å². The number of nitrogens with one attached hydrogen (secondary N) is 1. The van der Waals surface area contributed by atoms with Gasteiger partial charge < -0.3 is 9.84 Å². The van der Waals surface area contributed by atoms with Gasteiger partial charge in [-0.05, 0) is 126 Å². The number of phenolic OH excluding ortho intramolecular Hbond substituents is 1. The Morgan fingerprint density at radius 2 is 1.63 bits per heavy atom. The van der Waals surface area contributed by atoms with Crippen LogP contribution >= 0.6 is 27.5 Å². The molecule has 0 aromatic heterocycles. The molecule has 0 bridgehead atoms. The number of hydrogen-bond donors (Lipinski definition) is 2. The topological polar surface area (TPSA) is 133 Å². The molecule has 4 aromatic carbocycles. The molecule has 0 spiro atoms. The Hall–Kier alpha value is -5.33. The number of fused-ring (bicyclic) bond motifs is 4. The van der Waals surface area contributed by atoms with Gasteiger partial charge in [0.2, 0.25) is 11.8 Å². The van der Waals surface area contributed by atoms with Gasteiger partial charge in [0.1, 0.15) is 5.82 Å². The highest BCUT2D eigenvalue weighted by Crippen LogP contribution is 2.64. The third-order valence-electron chi connectivity index (χ3n) is 11.4. The van der Waals surface area contributed by atoms with Crippen LogP contribution in [0.25, 0.3) is 0 Å². The van der Waals surface area contributed by atoms with Crippen molar-refractivity contribution in [1.29, 1.82) is 0 Å².